The van der Waals surface area contributed by atoms with E-state index < -0.39 is 5.60 Å². The third kappa shape index (κ3) is 3.29. The summed E-state index contributed by atoms with van der Waals surface area (Å²) in [6.07, 6.45) is 2.89. The highest BCUT2D eigenvalue weighted by molar-refractivity contribution is 5.93. The average Bonchev–Trinajstić information content (AvgIpc) is 2.96. The molecule has 1 aliphatic heterocycles. The van der Waals surface area contributed by atoms with Crippen molar-refractivity contribution in [3.05, 3.63) is 53.6 Å². The van der Waals surface area contributed by atoms with Crippen LogP contribution in [0, 0.1) is 12.8 Å². The second-order valence-corrected chi connectivity index (χ2v) is 6.62. The number of benzene rings is 1. The van der Waals surface area contributed by atoms with E-state index in [1.807, 2.05) is 36.9 Å². The maximum atomic E-state index is 12.7. The lowest BCUT2D eigenvalue weighted by atomic mass is 9.78. The summed E-state index contributed by atoms with van der Waals surface area (Å²) in [7, 11) is 0. The molecule has 0 aliphatic carbocycles. The number of hydrogen-bond donors (Lipinski definition) is 2. The molecule has 0 bridgehead atoms. The van der Waals surface area contributed by atoms with E-state index in [1.54, 1.807) is 6.33 Å². The number of rotatable bonds is 3. The van der Waals surface area contributed by atoms with E-state index in [0.717, 1.165) is 12.1 Å². The van der Waals surface area contributed by atoms with E-state index >= 15 is 0 Å². The number of imidazole rings is 1. The zero-order chi connectivity index (χ0) is 16.4. The molecule has 2 heterocycles. The molecule has 0 spiro atoms. The Balaban J connectivity index is 1.76. The molecule has 2 aromatic rings. The van der Waals surface area contributed by atoms with Gasteiger partial charge in [0.2, 0.25) is 0 Å². The first-order valence-corrected chi connectivity index (χ1v) is 8.03. The van der Waals surface area contributed by atoms with Gasteiger partial charge in [-0.05, 0) is 32.3 Å². The number of amides is 1. The molecule has 3 rings (SSSR count). The Bertz CT molecular complexity index is 679. The minimum absolute atomic E-state index is 0.0156. The van der Waals surface area contributed by atoms with Crippen LogP contribution in [0.3, 0.4) is 0 Å². The minimum atomic E-state index is -0.757. The van der Waals surface area contributed by atoms with Crippen molar-refractivity contribution in [2.45, 2.75) is 32.3 Å². The third-order valence-corrected chi connectivity index (χ3v) is 4.85. The highest BCUT2D eigenvalue weighted by atomic mass is 16.3. The summed E-state index contributed by atoms with van der Waals surface area (Å²) in [4.78, 5) is 21.5. The second-order valence-electron chi connectivity index (χ2n) is 6.62. The van der Waals surface area contributed by atoms with Crippen LogP contribution < -0.4 is 0 Å². The minimum Gasteiger partial charge on any atom is -0.390 e. The van der Waals surface area contributed by atoms with E-state index in [9.17, 15) is 9.90 Å². The van der Waals surface area contributed by atoms with Crippen molar-refractivity contribution in [2.75, 3.05) is 13.1 Å². The Kier molecular flexibility index (Phi) is 4.22. The molecule has 1 amide bonds. The van der Waals surface area contributed by atoms with Crippen molar-refractivity contribution in [3.8, 4) is 0 Å². The summed E-state index contributed by atoms with van der Waals surface area (Å²) < 4.78 is 0. The Morgan fingerprint density at radius 1 is 1.43 bits per heavy atom. The van der Waals surface area contributed by atoms with E-state index in [1.165, 1.54) is 5.56 Å². The number of aromatic amines is 1. The molecule has 0 saturated carbocycles. The van der Waals surface area contributed by atoms with Crippen molar-refractivity contribution < 1.29 is 9.90 Å². The zero-order valence-corrected chi connectivity index (χ0v) is 13.6. The summed E-state index contributed by atoms with van der Waals surface area (Å²) in [6.45, 7) is 4.83. The summed E-state index contributed by atoms with van der Waals surface area (Å²) >= 11 is 0. The molecular formula is C18H23N3O2. The normalized spacial score (nSPS) is 24.7. The number of aromatic nitrogens is 2. The van der Waals surface area contributed by atoms with Crippen molar-refractivity contribution in [2.24, 2.45) is 5.92 Å². The summed E-state index contributed by atoms with van der Waals surface area (Å²) in [5, 5.41) is 10.7. The smallest absolute Gasteiger partial charge is 0.274 e. The lowest BCUT2D eigenvalue weighted by Gasteiger charge is -2.42. The lowest BCUT2D eigenvalue weighted by molar-refractivity contribution is -0.0508. The van der Waals surface area contributed by atoms with Crippen LogP contribution in [0.15, 0.2) is 36.7 Å². The van der Waals surface area contributed by atoms with Gasteiger partial charge in [-0.25, -0.2) is 4.98 Å². The van der Waals surface area contributed by atoms with Gasteiger partial charge in [0.05, 0.1) is 11.9 Å². The van der Waals surface area contributed by atoms with Crippen LogP contribution in [0.1, 0.15) is 35.1 Å². The molecule has 5 nitrogen and oxygen atoms in total. The van der Waals surface area contributed by atoms with Gasteiger partial charge in [0.25, 0.3) is 5.91 Å². The molecule has 0 radical (unpaired) electrons. The van der Waals surface area contributed by atoms with Gasteiger partial charge in [-0.2, -0.15) is 0 Å². The fourth-order valence-corrected chi connectivity index (χ4v) is 3.21. The van der Waals surface area contributed by atoms with Crippen LogP contribution in [0.5, 0.6) is 0 Å². The van der Waals surface area contributed by atoms with Crippen molar-refractivity contribution in [1.82, 2.24) is 14.9 Å². The van der Waals surface area contributed by atoms with Gasteiger partial charge < -0.3 is 15.0 Å². The number of aryl methyl sites for hydroxylation is 1. The van der Waals surface area contributed by atoms with Crippen LogP contribution in [-0.4, -0.2) is 44.6 Å². The maximum Gasteiger partial charge on any atom is 0.274 e. The zero-order valence-electron chi connectivity index (χ0n) is 13.6. The molecule has 1 fully saturated rings. The predicted molar refractivity (Wildman–Crippen MR) is 88.1 cm³/mol. The van der Waals surface area contributed by atoms with E-state index in [4.69, 9.17) is 0 Å². The number of piperidine rings is 1. The van der Waals surface area contributed by atoms with Gasteiger partial charge in [0, 0.05) is 24.7 Å². The maximum absolute atomic E-state index is 12.7. The second kappa shape index (κ2) is 6.16. The van der Waals surface area contributed by atoms with Gasteiger partial charge in [-0.1, -0.05) is 30.3 Å². The van der Waals surface area contributed by atoms with Crippen molar-refractivity contribution >= 4 is 5.91 Å². The average molecular weight is 313 g/mol. The largest absolute Gasteiger partial charge is 0.390 e. The van der Waals surface area contributed by atoms with Crippen molar-refractivity contribution in [3.63, 3.8) is 0 Å². The van der Waals surface area contributed by atoms with Crippen LogP contribution in [0.25, 0.3) is 0 Å². The van der Waals surface area contributed by atoms with Crippen LogP contribution in [-0.2, 0) is 6.42 Å². The number of likely N-dealkylation sites (tertiary alicyclic amines) is 1. The summed E-state index contributed by atoms with van der Waals surface area (Å²) in [5.74, 6) is -0.0424. The SMILES string of the molecule is Cc1[nH]cnc1C(=O)N1CC[C@@](C)(O)[C@@H](Cc2ccccc2)C1. The Hall–Kier alpha value is -2.14. The molecule has 1 saturated heterocycles. The number of nitrogens with zero attached hydrogens (tertiary/aromatic N) is 2. The van der Waals surface area contributed by atoms with Gasteiger partial charge in [0.1, 0.15) is 5.69 Å². The Labute approximate surface area is 136 Å². The van der Waals surface area contributed by atoms with E-state index in [2.05, 4.69) is 22.1 Å². The Morgan fingerprint density at radius 2 is 2.17 bits per heavy atom. The molecule has 2 N–H and O–H groups in total. The van der Waals surface area contributed by atoms with E-state index in [0.29, 0.717) is 25.2 Å². The molecule has 1 aliphatic rings. The molecular weight excluding hydrogens is 290 g/mol. The molecule has 122 valence electrons. The summed E-state index contributed by atoms with van der Waals surface area (Å²) in [5.41, 5.74) is 1.69. The van der Waals surface area contributed by atoms with Gasteiger partial charge in [0.15, 0.2) is 0 Å². The fourth-order valence-electron chi connectivity index (χ4n) is 3.21. The molecule has 1 aromatic carbocycles. The lowest BCUT2D eigenvalue weighted by Crippen LogP contribution is -2.52. The van der Waals surface area contributed by atoms with Crippen LogP contribution >= 0.6 is 0 Å². The van der Waals surface area contributed by atoms with E-state index in [-0.39, 0.29) is 11.8 Å². The predicted octanol–water partition coefficient (Wildman–Crippen LogP) is 2.17. The Morgan fingerprint density at radius 3 is 2.83 bits per heavy atom. The standard InChI is InChI=1S/C18H23N3O2/c1-13-16(20-12-19-13)17(22)21-9-8-18(2,23)15(11-21)10-14-6-4-3-5-7-14/h3-7,12,15,23H,8-11H2,1-2H3,(H,19,20)/t15-,18+/m0/s1. The first-order valence-electron chi connectivity index (χ1n) is 8.03. The molecule has 1 aromatic heterocycles. The first kappa shape index (κ1) is 15.7. The summed E-state index contributed by atoms with van der Waals surface area (Å²) in [6, 6.07) is 10.1. The van der Waals surface area contributed by atoms with Gasteiger partial charge >= 0.3 is 0 Å². The first-order chi connectivity index (χ1) is 11.0. The van der Waals surface area contributed by atoms with Crippen LogP contribution in [0.2, 0.25) is 0 Å². The monoisotopic (exact) mass is 313 g/mol. The molecule has 2 atom stereocenters. The fraction of sp³-hybridized carbons (Fsp3) is 0.444. The number of aliphatic hydroxyl groups is 1. The number of nitrogens with one attached hydrogen (secondary N) is 1. The highest BCUT2D eigenvalue weighted by Gasteiger charge is 2.39. The van der Waals surface area contributed by atoms with Crippen molar-refractivity contribution in [1.29, 1.82) is 0 Å². The molecule has 0 unspecified atom stereocenters. The number of H-pyrrole nitrogens is 1. The van der Waals surface area contributed by atoms with Crippen LogP contribution in [0.4, 0.5) is 0 Å². The highest BCUT2D eigenvalue weighted by Crippen LogP contribution is 2.31. The molecule has 23 heavy (non-hydrogen) atoms. The topological polar surface area (TPSA) is 69.2 Å². The van der Waals surface area contributed by atoms with Gasteiger partial charge in [-0.15, -0.1) is 0 Å². The number of carbonyl (C=O) groups is 1. The number of hydrogen-bond acceptors (Lipinski definition) is 3. The molecule has 5 heteroatoms. The third-order valence-electron chi connectivity index (χ3n) is 4.85. The number of carbonyl (C=O) groups excluding carboxylic acids is 1. The van der Waals surface area contributed by atoms with Gasteiger partial charge in [-0.3, -0.25) is 4.79 Å². The quantitative estimate of drug-likeness (QED) is 0.912.